The van der Waals surface area contributed by atoms with Crippen molar-refractivity contribution in [3.63, 3.8) is 0 Å². The van der Waals surface area contributed by atoms with Crippen molar-refractivity contribution in [3.8, 4) is 0 Å². The van der Waals surface area contributed by atoms with Crippen LogP contribution in [0.4, 0.5) is 0 Å². The predicted octanol–water partition coefficient (Wildman–Crippen LogP) is 2.21. The number of carbonyl (C=O) groups excluding carboxylic acids is 1. The van der Waals surface area contributed by atoms with Crippen LogP contribution in [0, 0.1) is 5.41 Å². The van der Waals surface area contributed by atoms with Gasteiger partial charge in [-0.25, -0.2) is 0 Å². The van der Waals surface area contributed by atoms with Gasteiger partial charge in [-0.05, 0) is 32.6 Å². The van der Waals surface area contributed by atoms with Crippen LogP contribution in [0.2, 0.25) is 0 Å². The molecule has 0 spiro atoms. The van der Waals surface area contributed by atoms with E-state index in [9.17, 15) is 4.79 Å². The first kappa shape index (κ1) is 16.4. The van der Waals surface area contributed by atoms with E-state index < -0.39 is 0 Å². The standard InChI is InChI=1S/C15H30N2O2/c1-5-9-11(16)14(18)17-12-10-13(19-8-4)15(12,6-2)7-3/h11-13H,5-10,16H2,1-4H3,(H,17,18). The second-order valence-corrected chi connectivity index (χ2v) is 5.58. The Labute approximate surface area is 117 Å². The lowest BCUT2D eigenvalue weighted by Gasteiger charge is -2.55. The molecule has 0 aromatic carbocycles. The van der Waals surface area contributed by atoms with Gasteiger partial charge in [0, 0.05) is 18.1 Å². The quantitative estimate of drug-likeness (QED) is 0.711. The Kier molecular flexibility index (Phi) is 6.27. The Balaban J connectivity index is 2.61. The Hall–Kier alpha value is -0.610. The lowest BCUT2D eigenvalue weighted by Crippen LogP contribution is -2.65. The van der Waals surface area contributed by atoms with Crippen molar-refractivity contribution in [1.29, 1.82) is 0 Å². The summed E-state index contributed by atoms with van der Waals surface area (Å²) < 4.78 is 5.81. The Bertz CT molecular complexity index is 290. The van der Waals surface area contributed by atoms with Crippen molar-refractivity contribution in [3.05, 3.63) is 0 Å². The molecule has 1 rings (SSSR count). The zero-order valence-corrected chi connectivity index (χ0v) is 12.9. The summed E-state index contributed by atoms with van der Waals surface area (Å²) in [5.41, 5.74) is 5.97. The number of nitrogens with one attached hydrogen (secondary N) is 1. The van der Waals surface area contributed by atoms with Crippen LogP contribution in [-0.4, -0.2) is 30.7 Å². The molecule has 19 heavy (non-hydrogen) atoms. The SMILES string of the molecule is CCCC(N)C(=O)NC1CC(OCC)C1(CC)CC. The summed E-state index contributed by atoms with van der Waals surface area (Å²) in [5.74, 6) is -0.00641. The van der Waals surface area contributed by atoms with Gasteiger partial charge < -0.3 is 15.8 Å². The van der Waals surface area contributed by atoms with Gasteiger partial charge in [0.05, 0.1) is 12.1 Å². The number of rotatable bonds is 8. The highest BCUT2D eigenvalue weighted by Gasteiger charge is 2.53. The van der Waals surface area contributed by atoms with Gasteiger partial charge >= 0.3 is 0 Å². The molecule has 3 N–H and O–H groups in total. The molecule has 3 unspecified atom stereocenters. The van der Waals surface area contributed by atoms with Crippen LogP contribution in [-0.2, 0) is 9.53 Å². The Morgan fingerprint density at radius 1 is 1.37 bits per heavy atom. The summed E-state index contributed by atoms with van der Waals surface area (Å²) in [6.07, 6.45) is 4.94. The van der Waals surface area contributed by atoms with Crippen molar-refractivity contribution in [2.45, 2.75) is 78.0 Å². The zero-order chi connectivity index (χ0) is 14.5. The van der Waals surface area contributed by atoms with Crippen molar-refractivity contribution >= 4 is 5.91 Å². The molecule has 0 radical (unpaired) electrons. The maximum Gasteiger partial charge on any atom is 0.237 e. The highest BCUT2D eigenvalue weighted by molar-refractivity contribution is 5.82. The monoisotopic (exact) mass is 270 g/mol. The topological polar surface area (TPSA) is 64.4 Å². The molecule has 0 heterocycles. The molecule has 1 saturated carbocycles. The van der Waals surface area contributed by atoms with E-state index in [1.165, 1.54) is 0 Å². The third-order valence-corrected chi connectivity index (χ3v) is 4.72. The van der Waals surface area contributed by atoms with Gasteiger partial charge in [-0.3, -0.25) is 4.79 Å². The minimum absolute atomic E-state index is 0.00641. The van der Waals surface area contributed by atoms with Gasteiger partial charge in [0.15, 0.2) is 0 Å². The fourth-order valence-corrected chi connectivity index (χ4v) is 3.30. The number of hydrogen-bond donors (Lipinski definition) is 2. The van der Waals surface area contributed by atoms with Crippen molar-refractivity contribution in [1.82, 2.24) is 5.32 Å². The van der Waals surface area contributed by atoms with Crippen molar-refractivity contribution in [2.75, 3.05) is 6.61 Å². The van der Waals surface area contributed by atoms with E-state index in [0.717, 1.165) is 38.7 Å². The van der Waals surface area contributed by atoms with Gasteiger partial charge in [0.1, 0.15) is 0 Å². The summed E-state index contributed by atoms with van der Waals surface area (Å²) in [5, 5.41) is 3.14. The van der Waals surface area contributed by atoms with E-state index >= 15 is 0 Å². The van der Waals surface area contributed by atoms with Crippen molar-refractivity contribution < 1.29 is 9.53 Å². The second-order valence-electron chi connectivity index (χ2n) is 5.58. The fraction of sp³-hybridized carbons (Fsp3) is 0.933. The molecule has 0 saturated heterocycles. The first-order chi connectivity index (χ1) is 9.05. The summed E-state index contributed by atoms with van der Waals surface area (Å²) in [4.78, 5) is 12.0. The Morgan fingerprint density at radius 3 is 2.47 bits per heavy atom. The number of ether oxygens (including phenoxy) is 1. The molecule has 0 aromatic heterocycles. The summed E-state index contributed by atoms with van der Waals surface area (Å²) >= 11 is 0. The molecular weight excluding hydrogens is 240 g/mol. The summed E-state index contributed by atoms with van der Waals surface area (Å²) in [6, 6.07) is -0.156. The molecule has 4 heteroatoms. The average molecular weight is 270 g/mol. The minimum Gasteiger partial charge on any atom is -0.378 e. The van der Waals surface area contributed by atoms with E-state index in [0.29, 0.717) is 0 Å². The third kappa shape index (κ3) is 3.29. The highest BCUT2D eigenvalue weighted by atomic mass is 16.5. The van der Waals surface area contributed by atoms with Gasteiger partial charge in [0.2, 0.25) is 5.91 Å². The number of nitrogens with two attached hydrogens (primary N) is 1. The highest BCUT2D eigenvalue weighted by Crippen LogP contribution is 2.48. The predicted molar refractivity (Wildman–Crippen MR) is 77.9 cm³/mol. The molecular formula is C15H30N2O2. The number of hydrogen-bond acceptors (Lipinski definition) is 3. The maximum absolute atomic E-state index is 12.0. The largest absolute Gasteiger partial charge is 0.378 e. The molecule has 1 amide bonds. The van der Waals surface area contributed by atoms with E-state index in [-0.39, 0.29) is 29.5 Å². The van der Waals surface area contributed by atoms with Crippen LogP contribution >= 0.6 is 0 Å². The lowest BCUT2D eigenvalue weighted by atomic mass is 9.58. The van der Waals surface area contributed by atoms with Gasteiger partial charge in [0.25, 0.3) is 0 Å². The maximum atomic E-state index is 12.0. The molecule has 4 nitrogen and oxygen atoms in total. The molecule has 0 aromatic rings. The molecule has 3 atom stereocenters. The van der Waals surface area contributed by atoms with E-state index in [2.05, 4.69) is 19.2 Å². The van der Waals surface area contributed by atoms with E-state index in [1.54, 1.807) is 0 Å². The fourth-order valence-electron chi connectivity index (χ4n) is 3.30. The molecule has 112 valence electrons. The molecule has 0 bridgehead atoms. The molecule has 1 fully saturated rings. The zero-order valence-electron chi connectivity index (χ0n) is 12.9. The molecule has 0 aliphatic heterocycles. The average Bonchev–Trinajstić information content (AvgIpc) is 2.39. The van der Waals surface area contributed by atoms with Crippen molar-refractivity contribution in [2.24, 2.45) is 11.1 Å². The Morgan fingerprint density at radius 2 is 2.00 bits per heavy atom. The van der Waals surface area contributed by atoms with Crippen LogP contribution in [0.15, 0.2) is 0 Å². The van der Waals surface area contributed by atoms with Gasteiger partial charge in [-0.2, -0.15) is 0 Å². The first-order valence-corrected chi connectivity index (χ1v) is 7.73. The van der Waals surface area contributed by atoms with Crippen LogP contribution in [0.3, 0.4) is 0 Å². The van der Waals surface area contributed by atoms with Crippen LogP contribution in [0.25, 0.3) is 0 Å². The molecule has 1 aliphatic rings. The molecule has 1 aliphatic carbocycles. The number of amides is 1. The second kappa shape index (κ2) is 7.25. The van der Waals surface area contributed by atoms with Crippen LogP contribution in [0.5, 0.6) is 0 Å². The van der Waals surface area contributed by atoms with Crippen LogP contribution in [0.1, 0.15) is 59.8 Å². The summed E-state index contributed by atoms with van der Waals surface area (Å²) in [6.45, 7) is 9.17. The van der Waals surface area contributed by atoms with Gasteiger partial charge in [-0.15, -0.1) is 0 Å². The minimum atomic E-state index is -0.373. The number of carbonyl (C=O) groups is 1. The van der Waals surface area contributed by atoms with E-state index in [4.69, 9.17) is 10.5 Å². The first-order valence-electron chi connectivity index (χ1n) is 7.73. The third-order valence-electron chi connectivity index (χ3n) is 4.72. The van der Waals surface area contributed by atoms with Gasteiger partial charge in [-0.1, -0.05) is 27.2 Å². The van der Waals surface area contributed by atoms with Crippen LogP contribution < -0.4 is 11.1 Å². The lowest BCUT2D eigenvalue weighted by molar-refractivity contribution is -0.149. The smallest absolute Gasteiger partial charge is 0.237 e. The van der Waals surface area contributed by atoms with E-state index in [1.807, 2.05) is 13.8 Å². The summed E-state index contributed by atoms with van der Waals surface area (Å²) in [7, 11) is 0. The normalized spacial score (nSPS) is 26.6.